The first-order valence-electron chi connectivity index (χ1n) is 5.95. The number of piperidine rings is 1. The van der Waals surface area contributed by atoms with E-state index in [0.29, 0.717) is 13.1 Å². The second-order valence-corrected chi connectivity index (χ2v) is 4.65. The molecule has 1 saturated heterocycles. The highest BCUT2D eigenvalue weighted by molar-refractivity contribution is 5.75. The van der Waals surface area contributed by atoms with Crippen molar-refractivity contribution in [1.29, 1.82) is 0 Å². The topological polar surface area (TPSA) is 37.4 Å². The number of benzene rings is 1. The van der Waals surface area contributed by atoms with Gasteiger partial charge in [0.25, 0.3) is 0 Å². The fraction of sp³-hybridized carbons (Fsp3) is 0.429. The summed E-state index contributed by atoms with van der Waals surface area (Å²) >= 11 is 0. The molecule has 0 unspecified atom stereocenters. The summed E-state index contributed by atoms with van der Waals surface area (Å²) < 4.78 is 0. The highest BCUT2D eigenvalue weighted by Gasteiger charge is 2.36. The molecule has 3 nitrogen and oxygen atoms in total. The van der Waals surface area contributed by atoms with Gasteiger partial charge < -0.3 is 9.69 Å². The molecule has 1 aromatic carbocycles. The molecule has 17 heavy (non-hydrogen) atoms. The number of hydrogen-bond donors (Lipinski definition) is 0. The van der Waals surface area contributed by atoms with Crippen LogP contribution in [-0.2, 0) is 15.0 Å². The Bertz CT molecular complexity index is 405. The Balaban J connectivity index is 2.19. The minimum Gasteiger partial charge on any atom is -0.343 e. The van der Waals surface area contributed by atoms with Crippen LogP contribution in [-0.4, -0.2) is 30.2 Å². The lowest BCUT2D eigenvalue weighted by Crippen LogP contribution is -2.45. The average Bonchev–Trinajstić information content (AvgIpc) is 2.40. The van der Waals surface area contributed by atoms with Crippen LogP contribution < -0.4 is 0 Å². The molecule has 0 radical (unpaired) electrons. The first kappa shape index (κ1) is 11.8. The monoisotopic (exact) mass is 231 g/mol. The largest absolute Gasteiger partial charge is 0.343 e. The molecule has 1 heterocycles. The van der Waals surface area contributed by atoms with Gasteiger partial charge in [-0.2, -0.15) is 0 Å². The first-order chi connectivity index (χ1) is 8.18. The van der Waals surface area contributed by atoms with Gasteiger partial charge in [-0.3, -0.25) is 4.79 Å². The van der Waals surface area contributed by atoms with E-state index in [9.17, 15) is 9.59 Å². The molecule has 0 atom stereocenters. The molecular formula is C14H17NO2. The van der Waals surface area contributed by atoms with E-state index in [-0.39, 0.29) is 5.91 Å². The van der Waals surface area contributed by atoms with E-state index in [2.05, 4.69) is 0 Å². The van der Waals surface area contributed by atoms with Crippen molar-refractivity contribution in [3.05, 3.63) is 35.9 Å². The number of hydrogen-bond acceptors (Lipinski definition) is 2. The Labute approximate surface area is 101 Å². The van der Waals surface area contributed by atoms with Crippen molar-refractivity contribution < 1.29 is 9.59 Å². The highest BCUT2D eigenvalue weighted by Crippen LogP contribution is 2.33. The third-order valence-corrected chi connectivity index (χ3v) is 3.68. The SMILES string of the molecule is CC(=O)N1CCC(C=O)(c2ccccc2)CC1. The van der Waals surface area contributed by atoms with Gasteiger partial charge in [0.1, 0.15) is 6.29 Å². The predicted octanol–water partition coefficient (Wildman–Crippen LogP) is 1.77. The Hall–Kier alpha value is -1.64. The van der Waals surface area contributed by atoms with Crippen LogP contribution in [0.1, 0.15) is 25.3 Å². The molecule has 1 fully saturated rings. The van der Waals surface area contributed by atoms with E-state index in [0.717, 1.165) is 24.7 Å². The fourth-order valence-corrected chi connectivity index (χ4v) is 2.47. The van der Waals surface area contributed by atoms with E-state index in [4.69, 9.17) is 0 Å². The van der Waals surface area contributed by atoms with Gasteiger partial charge in [-0.25, -0.2) is 0 Å². The van der Waals surface area contributed by atoms with Crippen LogP contribution in [0.3, 0.4) is 0 Å². The molecule has 0 bridgehead atoms. The molecule has 2 rings (SSSR count). The van der Waals surface area contributed by atoms with E-state index < -0.39 is 5.41 Å². The van der Waals surface area contributed by atoms with E-state index in [1.807, 2.05) is 35.2 Å². The van der Waals surface area contributed by atoms with Gasteiger partial charge in [-0.05, 0) is 18.4 Å². The lowest BCUT2D eigenvalue weighted by molar-refractivity contribution is -0.131. The van der Waals surface area contributed by atoms with Crippen LogP contribution in [0.5, 0.6) is 0 Å². The highest BCUT2D eigenvalue weighted by atomic mass is 16.2. The van der Waals surface area contributed by atoms with Gasteiger partial charge >= 0.3 is 0 Å². The number of carbonyl (C=O) groups is 2. The normalized spacial score (nSPS) is 18.8. The minimum absolute atomic E-state index is 0.0950. The second-order valence-electron chi connectivity index (χ2n) is 4.65. The van der Waals surface area contributed by atoms with Crippen molar-refractivity contribution in [2.24, 2.45) is 0 Å². The average molecular weight is 231 g/mol. The number of nitrogens with zero attached hydrogens (tertiary/aromatic N) is 1. The molecule has 0 N–H and O–H groups in total. The molecule has 0 aliphatic carbocycles. The summed E-state index contributed by atoms with van der Waals surface area (Å²) in [7, 11) is 0. The second kappa shape index (κ2) is 4.70. The van der Waals surface area contributed by atoms with Crippen LogP contribution in [0, 0.1) is 0 Å². The van der Waals surface area contributed by atoms with Crippen LogP contribution in [0.4, 0.5) is 0 Å². The molecule has 0 spiro atoms. The zero-order valence-electron chi connectivity index (χ0n) is 10.1. The van der Waals surface area contributed by atoms with Crippen molar-refractivity contribution >= 4 is 12.2 Å². The van der Waals surface area contributed by atoms with Gasteiger partial charge in [0.15, 0.2) is 0 Å². The molecule has 1 aliphatic heterocycles. The van der Waals surface area contributed by atoms with Gasteiger partial charge in [0.05, 0.1) is 5.41 Å². The van der Waals surface area contributed by atoms with Crippen LogP contribution in [0.15, 0.2) is 30.3 Å². The van der Waals surface area contributed by atoms with Gasteiger partial charge in [0, 0.05) is 20.0 Å². The lowest BCUT2D eigenvalue weighted by Gasteiger charge is -2.38. The maximum absolute atomic E-state index is 11.5. The number of carbonyl (C=O) groups excluding carboxylic acids is 2. The van der Waals surface area contributed by atoms with Crippen LogP contribution in [0.2, 0.25) is 0 Å². The summed E-state index contributed by atoms with van der Waals surface area (Å²) in [5.41, 5.74) is 0.672. The molecule has 1 aromatic rings. The smallest absolute Gasteiger partial charge is 0.219 e. The predicted molar refractivity (Wildman–Crippen MR) is 65.7 cm³/mol. The molecule has 1 amide bonds. The van der Waals surface area contributed by atoms with Crippen LogP contribution >= 0.6 is 0 Å². The van der Waals surface area contributed by atoms with E-state index >= 15 is 0 Å². The Morgan fingerprint density at radius 3 is 2.29 bits per heavy atom. The summed E-state index contributed by atoms with van der Waals surface area (Å²) in [6.45, 7) is 2.92. The minimum atomic E-state index is -0.396. The molecular weight excluding hydrogens is 214 g/mol. The summed E-state index contributed by atoms with van der Waals surface area (Å²) in [6, 6.07) is 9.86. The molecule has 90 valence electrons. The summed E-state index contributed by atoms with van der Waals surface area (Å²) in [4.78, 5) is 24.5. The quantitative estimate of drug-likeness (QED) is 0.727. The van der Waals surface area contributed by atoms with Gasteiger partial charge in [-0.1, -0.05) is 30.3 Å². The van der Waals surface area contributed by atoms with Crippen molar-refractivity contribution in [3.63, 3.8) is 0 Å². The van der Waals surface area contributed by atoms with Crippen molar-refractivity contribution in [3.8, 4) is 0 Å². The van der Waals surface area contributed by atoms with E-state index in [1.54, 1.807) is 6.92 Å². The first-order valence-corrected chi connectivity index (χ1v) is 5.95. The molecule has 1 aliphatic rings. The van der Waals surface area contributed by atoms with Crippen molar-refractivity contribution in [1.82, 2.24) is 4.90 Å². The van der Waals surface area contributed by atoms with Crippen LogP contribution in [0.25, 0.3) is 0 Å². The van der Waals surface area contributed by atoms with Gasteiger partial charge in [-0.15, -0.1) is 0 Å². The zero-order valence-corrected chi connectivity index (χ0v) is 10.1. The number of likely N-dealkylation sites (tertiary alicyclic amines) is 1. The fourth-order valence-electron chi connectivity index (χ4n) is 2.47. The summed E-state index contributed by atoms with van der Waals surface area (Å²) in [5.74, 6) is 0.0950. The maximum Gasteiger partial charge on any atom is 0.219 e. The third-order valence-electron chi connectivity index (χ3n) is 3.68. The lowest BCUT2D eigenvalue weighted by atomic mass is 9.74. The summed E-state index contributed by atoms with van der Waals surface area (Å²) in [5, 5.41) is 0. The van der Waals surface area contributed by atoms with E-state index in [1.165, 1.54) is 0 Å². The molecule has 3 heteroatoms. The number of amides is 1. The van der Waals surface area contributed by atoms with Crippen molar-refractivity contribution in [2.45, 2.75) is 25.2 Å². The molecule has 0 saturated carbocycles. The number of aldehydes is 1. The standard InChI is InChI=1S/C14H17NO2/c1-12(17)15-9-7-14(11-16,8-10-15)13-5-3-2-4-6-13/h2-6,11H,7-10H2,1H3. The maximum atomic E-state index is 11.5. The Morgan fingerprint density at radius 2 is 1.82 bits per heavy atom. The third kappa shape index (κ3) is 2.23. The zero-order chi connectivity index (χ0) is 12.3. The number of rotatable bonds is 2. The summed E-state index contributed by atoms with van der Waals surface area (Å²) in [6.07, 6.45) is 2.50. The van der Waals surface area contributed by atoms with Gasteiger partial charge in [0.2, 0.25) is 5.91 Å². The Kier molecular flexibility index (Phi) is 3.27. The Morgan fingerprint density at radius 1 is 1.24 bits per heavy atom. The van der Waals surface area contributed by atoms with Crippen molar-refractivity contribution in [2.75, 3.05) is 13.1 Å². The molecule has 0 aromatic heterocycles.